The van der Waals surface area contributed by atoms with Gasteiger partial charge in [-0.15, -0.1) is 0 Å². The molecule has 1 aliphatic heterocycles. The van der Waals surface area contributed by atoms with Gasteiger partial charge in [-0.05, 0) is 31.0 Å². The summed E-state index contributed by atoms with van der Waals surface area (Å²) in [6.45, 7) is 2.57. The third-order valence-corrected chi connectivity index (χ3v) is 6.45. The molecule has 2 aliphatic rings. The first-order valence-corrected chi connectivity index (χ1v) is 10.9. The minimum absolute atomic E-state index is 0.00232. The lowest BCUT2D eigenvalue weighted by Gasteiger charge is -2.26. The number of benzene rings is 2. The van der Waals surface area contributed by atoms with E-state index in [-0.39, 0.29) is 29.6 Å². The fraction of sp³-hybridized carbons (Fsp3) is 0.333. The van der Waals surface area contributed by atoms with E-state index in [2.05, 4.69) is 5.16 Å². The lowest BCUT2D eigenvalue weighted by atomic mass is 10.1. The molecule has 2 unspecified atom stereocenters. The minimum Gasteiger partial charge on any atom is -0.445 e. The normalized spacial score (nSPS) is 22.1. The van der Waals surface area contributed by atoms with Crippen LogP contribution in [0.25, 0.3) is 0 Å². The van der Waals surface area contributed by atoms with Gasteiger partial charge in [-0.2, -0.15) is 8.42 Å². The molecule has 0 N–H and O–H groups in total. The van der Waals surface area contributed by atoms with Crippen LogP contribution in [0.5, 0.6) is 0 Å². The molecule has 0 radical (unpaired) electrons. The number of hydrogen-bond donors (Lipinski definition) is 0. The first kappa shape index (κ1) is 19.4. The predicted octanol–water partition coefficient (Wildman–Crippen LogP) is 3.49. The molecule has 0 spiro atoms. The van der Waals surface area contributed by atoms with Crippen LogP contribution in [0.15, 0.2) is 64.6 Å². The second kappa shape index (κ2) is 7.87. The van der Waals surface area contributed by atoms with Crippen molar-refractivity contribution >= 4 is 21.9 Å². The largest absolute Gasteiger partial charge is 0.445 e. The molecule has 8 heteroatoms. The number of likely N-dealkylation sites (tertiary alicyclic amines) is 1. The molecule has 2 fully saturated rings. The molecule has 4 rings (SSSR count). The number of oxime groups is 1. The van der Waals surface area contributed by atoms with Crippen molar-refractivity contribution in [3.05, 3.63) is 65.7 Å². The van der Waals surface area contributed by atoms with Crippen LogP contribution in [-0.2, 0) is 25.7 Å². The number of aryl methyl sites for hydroxylation is 1. The van der Waals surface area contributed by atoms with Gasteiger partial charge in [-0.3, -0.25) is 4.28 Å². The third kappa shape index (κ3) is 4.27. The van der Waals surface area contributed by atoms with Gasteiger partial charge >= 0.3 is 16.2 Å². The van der Waals surface area contributed by atoms with E-state index in [1.165, 1.54) is 12.1 Å². The van der Waals surface area contributed by atoms with Gasteiger partial charge in [0.1, 0.15) is 11.5 Å². The average Bonchev–Trinajstić information content (AvgIpc) is 3.32. The maximum Gasteiger partial charge on any atom is 0.410 e. The zero-order valence-electron chi connectivity index (χ0n) is 16.0. The summed E-state index contributed by atoms with van der Waals surface area (Å²) in [5, 5.41) is 3.91. The summed E-state index contributed by atoms with van der Waals surface area (Å²) in [5.74, 6) is -0.00232. The van der Waals surface area contributed by atoms with Crippen LogP contribution in [0.1, 0.15) is 24.0 Å². The molecule has 2 aromatic carbocycles. The molecule has 29 heavy (non-hydrogen) atoms. The highest BCUT2D eigenvalue weighted by atomic mass is 32.2. The highest BCUT2D eigenvalue weighted by molar-refractivity contribution is 7.86. The summed E-state index contributed by atoms with van der Waals surface area (Å²) in [7, 11) is -3.94. The number of hydrogen-bond acceptors (Lipinski definition) is 6. The average molecular weight is 414 g/mol. The lowest BCUT2D eigenvalue weighted by Crippen LogP contribution is -2.40. The second-order valence-corrected chi connectivity index (χ2v) is 8.94. The van der Waals surface area contributed by atoms with E-state index >= 15 is 0 Å². The summed E-state index contributed by atoms with van der Waals surface area (Å²) in [6, 6.07) is 15.9. The molecule has 152 valence electrons. The van der Waals surface area contributed by atoms with Gasteiger partial charge in [0.05, 0.1) is 5.71 Å². The Morgan fingerprint density at radius 3 is 2.52 bits per heavy atom. The second-order valence-electron chi connectivity index (χ2n) is 7.41. The summed E-state index contributed by atoms with van der Waals surface area (Å²) in [4.78, 5) is 14.1. The summed E-state index contributed by atoms with van der Waals surface area (Å²) in [5.41, 5.74) is 2.57. The van der Waals surface area contributed by atoms with E-state index in [1.807, 2.05) is 37.3 Å². The Bertz CT molecular complexity index is 1020. The monoisotopic (exact) mass is 414 g/mol. The Morgan fingerprint density at radius 1 is 1.14 bits per heavy atom. The van der Waals surface area contributed by atoms with Gasteiger partial charge in [0.25, 0.3) is 0 Å². The van der Waals surface area contributed by atoms with Crippen LogP contribution in [0.4, 0.5) is 4.79 Å². The zero-order valence-corrected chi connectivity index (χ0v) is 16.8. The van der Waals surface area contributed by atoms with Gasteiger partial charge in [-0.1, -0.05) is 53.2 Å². The van der Waals surface area contributed by atoms with Crippen molar-refractivity contribution in [2.24, 2.45) is 11.1 Å². The molecule has 2 bridgehead atoms. The van der Waals surface area contributed by atoms with Crippen molar-refractivity contribution in [1.29, 1.82) is 0 Å². The Morgan fingerprint density at radius 2 is 1.86 bits per heavy atom. The zero-order chi connectivity index (χ0) is 20.4. The van der Waals surface area contributed by atoms with Crippen LogP contribution in [-0.4, -0.2) is 37.7 Å². The van der Waals surface area contributed by atoms with E-state index in [9.17, 15) is 13.2 Å². The SMILES string of the molecule is Cc1ccc(S(=O)(=O)O/N=C2\CC3CC2CN3C(=O)OCc2ccccc2)cc1. The molecule has 2 atom stereocenters. The van der Waals surface area contributed by atoms with Crippen molar-refractivity contribution in [3.63, 3.8) is 0 Å². The molecular weight excluding hydrogens is 392 g/mol. The quantitative estimate of drug-likeness (QED) is 0.699. The fourth-order valence-electron chi connectivity index (χ4n) is 3.74. The summed E-state index contributed by atoms with van der Waals surface area (Å²) >= 11 is 0. The van der Waals surface area contributed by atoms with E-state index in [0.29, 0.717) is 18.7 Å². The smallest absolute Gasteiger partial charge is 0.410 e. The van der Waals surface area contributed by atoms with Crippen molar-refractivity contribution in [1.82, 2.24) is 4.90 Å². The Kier molecular flexibility index (Phi) is 5.27. The van der Waals surface area contributed by atoms with Crippen molar-refractivity contribution in [3.8, 4) is 0 Å². The van der Waals surface area contributed by atoms with Gasteiger partial charge < -0.3 is 9.64 Å². The molecule has 2 aromatic rings. The standard InChI is InChI=1S/C21H22N2O5S/c1-15-7-9-19(10-8-15)29(25,26)28-22-20-12-18-11-17(20)13-23(18)21(24)27-14-16-5-3-2-4-6-16/h2-10,17-18H,11-14H2,1H3/b22-20+. The van der Waals surface area contributed by atoms with Crippen LogP contribution in [0.2, 0.25) is 0 Å². The molecule has 1 heterocycles. The number of carbonyl (C=O) groups is 1. The third-order valence-electron chi connectivity index (χ3n) is 5.33. The van der Waals surface area contributed by atoms with Crippen LogP contribution < -0.4 is 0 Å². The molecule has 0 aromatic heterocycles. The summed E-state index contributed by atoms with van der Waals surface area (Å²) in [6.07, 6.45) is 0.885. The molecular formula is C21H22N2O5S. The van der Waals surface area contributed by atoms with Gasteiger partial charge in [0.2, 0.25) is 0 Å². The van der Waals surface area contributed by atoms with E-state index in [1.54, 1.807) is 17.0 Å². The maximum atomic E-state index is 12.4. The van der Waals surface area contributed by atoms with Crippen LogP contribution in [0.3, 0.4) is 0 Å². The maximum absolute atomic E-state index is 12.4. The predicted molar refractivity (Wildman–Crippen MR) is 107 cm³/mol. The molecule has 1 aliphatic carbocycles. The van der Waals surface area contributed by atoms with Gasteiger partial charge in [0, 0.05) is 24.9 Å². The number of amides is 1. The van der Waals surface area contributed by atoms with Crippen molar-refractivity contribution in [2.45, 2.75) is 37.3 Å². The Labute approximate surface area is 170 Å². The van der Waals surface area contributed by atoms with Gasteiger partial charge in [0.15, 0.2) is 0 Å². The van der Waals surface area contributed by atoms with E-state index in [4.69, 9.17) is 9.02 Å². The molecule has 1 saturated heterocycles. The Hall–Kier alpha value is -2.87. The topological polar surface area (TPSA) is 85.3 Å². The van der Waals surface area contributed by atoms with E-state index < -0.39 is 10.1 Å². The Balaban J connectivity index is 1.34. The van der Waals surface area contributed by atoms with Crippen molar-refractivity contribution in [2.75, 3.05) is 6.54 Å². The number of fused-ring (bicyclic) bond motifs is 2. The molecule has 1 amide bonds. The first-order valence-electron chi connectivity index (χ1n) is 9.47. The number of piperidine rings is 1. The van der Waals surface area contributed by atoms with Gasteiger partial charge in [-0.25, -0.2) is 4.79 Å². The number of carbonyl (C=O) groups excluding carboxylic acids is 1. The highest BCUT2D eigenvalue weighted by Crippen LogP contribution is 2.36. The minimum atomic E-state index is -3.94. The number of nitrogens with zero attached hydrogens (tertiary/aromatic N) is 2. The first-order chi connectivity index (χ1) is 13.9. The van der Waals surface area contributed by atoms with Crippen LogP contribution >= 0.6 is 0 Å². The molecule has 7 nitrogen and oxygen atoms in total. The molecule has 1 saturated carbocycles. The van der Waals surface area contributed by atoms with Crippen LogP contribution in [0, 0.1) is 12.8 Å². The number of ether oxygens (including phenoxy) is 1. The van der Waals surface area contributed by atoms with E-state index in [0.717, 1.165) is 17.5 Å². The fourth-order valence-corrected chi connectivity index (χ4v) is 4.49. The summed E-state index contributed by atoms with van der Waals surface area (Å²) < 4.78 is 34.9. The lowest BCUT2D eigenvalue weighted by molar-refractivity contribution is 0.0909. The highest BCUT2D eigenvalue weighted by Gasteiger charge is 2.45. The van der Waals surface area contributed by atoms with Crippen molar-refractivity contribution < 1.29 is 22.2 Å². The number of rotatable bonds is 5.